The van der Waals surface area contributed by atoms with E-state index in [1.807, 2.05) is 0 Å². The van der Waals surface area contributed by atoms with Crippen LogP contribution in [0.2, 0.25) is 0 Å². The summed E-state index contributed by atoms with van der Waals surface area (Å²) in [5.41, 5.74) is -0.504. The molecular weight excluding hydrogens is 332 g/mol. The zero-order valence-electron chi connectivity index (χ0n) is 13.5. The monoisotopic (exact) mass is 348 g/mol. The molecule has 3 N–H and O–H groups in total. The van der Waals surface area contributed by atoms with E-state index in [9.17, 15) is 29.9 Å². The lowest BCUT2D eigenvalue weighted by molar-refractivity contribution is -0.385. The molecule has 0 radical (unpaired) electrons. The third kappa shape index (κ3) is 3.22. The summed E-state index contributed by atoms with van der Waals surface area (Å²) in [5.74, 6) is -3.48. The minimum absolute atomic E-state index is 0.0251. The molecule has 1 atom stereocenters. The van der Waals surface area contributed by atoms with Gasteiger partial charge in [0.1, 0.15) is 0 Å². The molecule has 1 aliphatic rings. The molecule has 9 nitrogen and oxygen atoms in total. The van der Waals surface area contributed by atoms with Crippen molar-refractivity contribution in [1.82, 2.24) is 5.32 Å². The van der Waals surface area contributed by atoms with Gasteiger partial charge in [-0.25, -0.2) is 9.59 Å². The van der Waals surface area contributed by atoms with Crippen molar-refractivity contribution in [3.63, 3.8) is 0 Å². The van der Waals surface area contributed by atoms with Crippen molar-refractivity contribution in [1.29, 1.82) is 0 Å². The molecule has 0 aromatic heterocycles. The molecule has 1 unspecified atom stereocenters. The highest BCUT2D eigenvalue weighted by Gasteiger charge is 2.40. The molecule has 1 heterocycles. The Morgan fingerprint density at radius 3 is 2.48 bits per heavy atom. The number of nitro benzene ring substituents is 1. The Labute approximate surface area is 142 Å². The predicted octanol–water partition coefficient (Wildman–Crippen LogP) is 1.06. The molecule has 0 fully saturated rings. The van der Waals surface area contributed by atoms with Crippen LogP contribution < -0.4 is 5.32 Å². The first-order valence-corrected chi connectivity index (χ1v) is 7.20. The number of carbonyl (C=O) groups is 2. The fraction of sp³-hybridized carbons (Fsp3) is 0.250. The molecule has 9 heteroatoms. The highest BCUT2D eigenvalue weighted by molar-refractivity contribution is 5.99. The molecule has 25 heavy (non-hydrogen) atoms. The van der Waals surface area contributed by atoms with Gasteiger partial charge in [0.2, 0.25) is 0 Å². The number of carboxylic acid groups (broad SMARTS) is 1. The number of carbonyl (C=O) groups excluding carboxylic acids is 1. The van der Waals surface area contributed by atoms with E-state index in [0.29, 0.717) is 0 Å². The molecule has 0 spiro atoms. The van der Waals surface area contributed by atoms with E-state index in [0.717, 1.165) is 7.11 Å². The largest absolute Gasteiger partial charge is 0.478 e. The second-order valence-electron chi connectivity index (χ2n) is 5.26. The van der Waals surface area contributed by atoms with Crippen LogP contribution in [0.25, 0.3) is 0 Å². The number of nitrogens with zero attached hydrogens (tertiary/aromatic N) is 1. The number of nitro groups is 1. The quantitative estimate of drug-likeness (QED) is 0.408. The Morgan fingerprint density at radius 1 is 1.32 bits per heavy atom. The molecule has 0 bridgehead atoms. The van der Waals surface area contributed by atoms with Gasteiger partial charge in [0.15, 0.2) is 0 Å². The highest BCUT2D eigenvalue weighted by Crippen LogP contribution is 2.42. The summed E-state index contributed by atoms with van der Waals surface area (Å²) in [6.45, 7) is 0.868. The Bertz CT molecular complexity index is 810. The summed E-state index contributed by atoms with van der Waals surface area (Å²) < 4.78 is 4.72. The number of aliphatic hydroxyl groups is 1. The van der Waals surface area contributed by atoms with Gasteiger partial charge >= 0.3 is 11.9 Å². The number of nitrogens with one attached hydrogen (secondary N) is 1. The SMILES string of the molecule is COC(=O)C1=C(C)NC(CO)=C(C(=O)O)C1c1ccccc1[N+](=O)[O-]. The van der Waals surface area contributed by atoms with Crippen molar-refractivity contribution in [2.24, 2.45) is 0 Å². The van der Waals surface area contributed by atoms with Crippen LogP contribution in [0.5, 0.6) is 0 Å². The Hall–Kier alpha value is -3.20. The van der Waals surface area contributed by atoms with Gasteiger partial charge < -0.3 is 20.3 Å². The molecule has 2 rings (SSSR count). The van der Waals surface area contributed by atoms with Gasteiger partial charge in [0.05, 0.1) is 41.4 Å². The first-order chi connectivity index (χ1) is 11.8. The van der Waals surface area contributed by atoms with E-state index in [1.54, 1.807) is 0 Å². The maximum absolute atomic E-state index is 12.2. The topological polar surface area (TPSA) is 139 Å². The minimum Gasteiger partial charge on any atom is -0.478 e. The zero-order valence-corrected chi connectivity index (χ0v) is 13.5. The molecular formula is C16H16N2O7. The number of hydrogen-bond donors (Lipinski definition) is 3. The first kappa shape index (κ1) is 18.1. The summed E-state index contributed by atoms with van der Waals surface area (Å²) in [6, 6.07) is 5.54. The van der Waals surface area contributed by atoms with Gasteiger partial charge in [-0.1, -0.05) is 18.2 Å². The van der Waals surface area contributed by atoms with Crippen LogP contribution in [0, 0.1) is 10.1 Å². The first-order valence-electron chi connectivity index (χ1n) is 7.20. The molecule has 132 valence electrons. The van der Waals surface area contributed by atoms with Crippen molar-refractivity contribution >= 4 is 17.6 Å². The molecule has 0 saturated carbocycles. The maximum atomic E-state index is 12.2. The second kappa shape index (κ2) is 7.14. The third-order valence-corrected chi connectivity index (χ3v) is 3.88. The number of para-hydroxylation sites is 1. The standard InChI is InChI=1S/C16H16N2O7/c1-8-12(16(22)25-2)13(14(15(20)21)10(7-19)17-8)9-5-3-4-6-11(9)18(23)24/h3-6,13,17,19H,7H2,1-2H3,(H,20,21). The number of aliphatic carboxylic acids is 1. The average molecular weight is 348 g/mol. The molecule has 0 aliphatic carbocycles. The number of ether oxygens (including phenoxy) is 1. The number of rotatable bonds is 5. The smallest absolute Gasteiger partial charge is 0.336 e. The van der Waals surface area contributed by atoms with Crippen molar-refractivity contribution in [2.75, 3.05) is 13.7 Å². The number of aliphatic hydroxyl groups excluding tert-OH is 1. The lowest BCUT2D eigenvalue weighted by atomic mass is 9.79. The van der Waals surface area contributed by atoms with Crippen molar-refractivity contribution < 1.29 is 29.5 Å². The number of esters is 1. The molecule has 0 saturated heterocycles. The summed E-state index contributed by atoms with van der Waals surface area (Å²) in [6.07, 6.45) is 0. The van der Waals surface area contributed by atoms with Crippen LogP contribution in [0.4, 0.5) is 5.69 Å². The number of carboxylic acids is 1. The number of dihydropyridines is 1. The van der Waals surface area contributed by atoms with Crippen LogP contribution in [0.15, 0.2) is 46.8 Å². The van der Waals surface area contributed by atoms with E-state index >= 15 is 0 Å². The molecule has 1 aliphatic heterocycles. The van der Waals surface area contributed by atoms with Gasteiger partial charge in [-0.05, 0) is 6.92 Å². The van der Waals surface area contributed by atoms with Crippen LogP contribution in [-0.4, -0.2) is 40.8 Å². The second-order valence-corrected chi connectivity index (χ2v) is 5.26. The Kier molecular flexibility index (Phi) is 5.18. The molecule has 1 aromatic rings. The van der Waals surface area contributed by atoms with Gasteiger partial charge in [0, 0.05) is 17.3 Å². The summed E-state index contributed by atoms with van der Waals surface area (Å²) >= 11 is 0. The minimum atomic E-state index is -1.41. The van der Waals surface area contributed by atoms with E-state index in [2.05, 4.69) is 5.32 Å². The van der Waals surface area contributed by atoms with E-state index in [1.165, 1.54) is 31.2 Å². The van der Waals surface area contributed by atoms with Crippen molar-refractivity contribution in [2.45, 2.75) is 12.8 Å². The normalized spacial score (nSPS) is 17.2. The fourth-order valence-electron chi connectivity index (χ4n) is 2.86. The van der Waals surface area contributed by atoms with Crippen LogP contribution in [0.3, 0.4) is 0 Å². The van der Waals surface area contributed by atoms with Gasteiger partial charge in [0.25, 0.3) is 5.69 Å². The van der Waals surface area contributed by atoms with Crippen LogP contribution in [-0.2, 0) is 14.3 Å². The number of hydrogen-bond acceptors (Lipinski definition) is 7. The maximum Gasteiger partial charge on any atom is 0.336 e. The average Bonchev–Trinajstić information content (AvgIpc) is 2.59. The van der Waals surface area contributed by atoms with Crippen LogP contribution >= 0.6 is 0 Å². The van der Waals surface area contributed by atoms with E-state index in [4.69, 9.17) is 4.74 Å². The zero-order chi connectivity index (χ0) is 18.7. The number of allylic oxidation sites excluding steroid dienone is 1. The van der Waals surface area contributed by atoms with Gasteiger partial charge in [-0.2, -0.15) is 0 Å². The Balaban J connectivity index is 2.83. The van der Waals surface area contributed by atoms with Gasteiger partial charge in [-0.3, -0.25) is 10.1 Å². The van der Waals surface area contributed by atoms with E-state index < -0.39 is 29.4 Å². The number of methoxy groups -OCH3 is 1. The Morgan fingerprint density at radius 2 is 1.96 bits per heavy atom. The number of benzene rings is 1. The molecule has 1 aromatic carbocycles. The summed E-state index contributed by atoms with van der Waals surface area (Å²) in [5, 5.41) is 33.1. The van der Waals surface area contributed by atoms with E-state index in [-0.39, 0.29) is 33.8 Å². The lowest BCUT2D eigenvalue weighted by Crippen LogP contribution is -2.33. The van der Waals surface area contributed by atoms with Crippen LogP contribution in [0.1, 0.15) is 18.4 Å². The van der Waals surface area contributed by atoms with Gasteiger partial charge in [-0.15, -0.1) is 0 Å². The summed E-state index contributed by atoms with van der Waals surface area (Å²) in [7, 11) is 1.13. The third-order valence-electron chi connectivity index (χ3n) is 3.88. The summed E-state index contributed by atoms with van der Waals surface area (Å²) in [4.78, 5) is 34.7. The lowest BCUT2D eigenvalue weighted by Gasteiger charge is -2.29. The molecule has 0 amide bonds. The van der Waals surface area contributed by atoms with Crippen molar-refractivity contribution in [3.8, 4) is 0 Å². The fourth-order valence-corrected chi connectivity index (χ4v) is 2.86. The highest BCUT2D eigenvalue weighted by atomic mass is 16.6. The van der Waals surface area contributed by atoms with Crippen molar-refractivity contribution in [3.05, 3.63) is 62.5 Å². The predicted molar refractivity (Wildman–Crippen MR) is 85.4 cm³/mol.